The second kappa shape index (κ2) is 9.47. The molecule has 5 N–H and O–H groups in total. The highest BCUT2D eigenvalue weighted by Crippen LogP contribution is 2.23. The highest BCUT2D eigenvalue weighted by Gasteiger charge is 2.26. The van der Waals surface area contributed by atoms with Gasteiger partial charge in [-0.2, -0.15) is 0 Å². The first-order valence-electron chi connectivity index (χ1n) is 11.2. The maximum absolute atomic E-state index is 12.9. The zero-order chi connectivity index (χ0) is 24.4. The van der Waals surface area contributed by atoms with Gasteiger partial charge in [-0.25, -0.2) is 9.78 Å². The number of rotatable bonds is 8. The van der Waals surface area contributed by atoms with Crippen molar-refractivity contribution in [1.82, 2.24) is 20.3 Å². The molecule has 0 radical (unpaired) electrons. The monoisotopic (exact) mass is 471 g/mol. The highest BCUT2D eigenvalue weighted by molar-refractivity contribution is 5.95. The lowest BCUT2D eigenvalue weighted by Crippen LogP contribution is -2.43. The first-order chi connectivity index (χ1) is 17.0. The molecule has 2 unspecified atom stereocenters. The summed E-state index contributed by atoms with van der Waals surface area (Å²) in [4.78, 5) is 36.0. The summed E-state index contributed by atoms with van der Waals surface area (Å²) in [5.74, 6) is -0.857. The van der Waals surface area contributed by atoms with Gasteiger partial charge in [0.15, 0.2) is 5.69 Å². The number of para-hydroxylation sites is 2. The SMILES string of the molecule is COC(=O)C(Cc1c[nH]c2ccccc12)NC(=O)c1coc(C(N)Cc2c[nH]c3ccccc23)n1. The number of amides is 1. The highest BCUT2D eigenvalue weighted by atomic mass is 16.5. The third-order valence-electron chi connectivity index (χ3n) is 6.08. The Labute approximate surface area is 200 Å². The number of hydrogen-bond donors (Lipinski definition) is 4. The second-order valence-corrected chi connectivity index (χ2v) is 8.35. The topological polar surface area (TPSA) is 139 Å². The average Bonchev–Trinajstić information content (AvgIpc) is 3.62. The fourth-order valence-corrected chi connectivity index (χ4v) is 4.28. The third-order valence-corrected chi connectivity index (χ3v) is 6.08. The van der Waals surface area contributed by atoms with E-state index in [9.17, 15) is 9.59 Å². The Morgan fingerprint density at radius 3 is 2.23 bits per heavy atom. The number of aromatic nitrogens is 3. The first-order valence-corrected chi connectivity index (χ1v) is 11.2. The molecule has 3 aromatic heterocycles. The molecule has 0 aliphatic carbocycles. The summed E-state index contributed by atoms with van der Waals surface area (Å²) in [6.45, 7) is 0. The molecule has 5 aromatic rings. The van der Waals surface area contributed by atoms with E-state index in [0.29, 0.717) is 6.42 Å². The van der Waals surface area contributed by atoms with E-state index in [1.54, 1.807) is 0 Å². The van der Waals surface area contributed by atoms with Crippen molar-refractivity contribution < 1.29 is 18.7 Å². The lowest BCUT2D eigenvalue weighted by atomic mass is 10.0. The molecule has 5 rings (SSSR count). The smallest absolute Gasteiger partial charge is 0.328 e. The van der Waals surface area contributed by atoms with Crippen LogP contribution in [0.2, 0.25) is 0 Å². The van der Waals surface area contributed by atoms with Gasteiger partial charge < -0.3 is 30.2 Å². The molecule has 35 heavy (non-hydrogen) atoms. The number of H-pyrrole nitrogens is 2. The van der Waals surface area contributed by atoms with Crippen molar-refractivity contribution in [3.8, 4) is 0 Å². The van der Waals surface area contributed by atoms with E-state index < -0.39 is 24.0 Å². The molecule has 3 heterocycles. The molecule has 0 spiro atoms. The number of methoxy groups -OCH3 is 1. The van der Waals surface area contributed by atoms with Gasteiger partial charge in [0.25, 0.3) is 5.91 Å². The molecule has 9 heteroatoms. The van der Waals surface area contributed by atoms with Crippen molar-refractivity contribution >= 4 is 33.7 Å². The van der Waals surface area contributed by atoms with Gasteiger partial charge >= 0.3 is 5.97 Å². The summed E-state index contributed by atoms with van der Waals surface area (Å²) in [5, 5.41) is 4.76. The quantitative estimate of drug-likeness (QED) is 0.256. The molecule has 178 valence electrons. The van der Waals surface area contributed by atoms with Crippen LogP contribution in [0.1, 0.15) is 33.5 Å². The second-order valence-electron chi connectivity index (χ2n) is 8.35. The maximum atomic E-state index is 12.9. The van der Waals surface area contributed by atoms with Crippen molar-refractivity contribution in [3.63, 3.8) is 0 Å². The number of benzene rings is 2. The number of aromatic amines is 2. The summed E-state index contributed by atoms with van der Waals surface area (Å²) < 4.78 is 10.4. The molecular weight excluding hydrogens is 446 g/mol. The molecule has 0 saturated heterocycles. The number of nitrogens with zero attached hydrogens (tertiary/aromatic N) is 1. The van der Waals surface area contributed by atoms with Crippen LogP contribution in [0.25, 0.3) is 21.8 Å². The zero-order valence-electron chi connectivity index (χ0n) is 19.1. The summed E-state index contributed by atoms with van der Waals surface area (Å²) in [6.07, 6.45) is 5.72. The Morgan fingerprint density at radius 2 is 1.60 bits per heavy atom. The van der Waals surface area contributed by atoms with Gasteiger partial charge in [0, 0.05) is 40.6 Å². The zero-order valence-corrected chi connectivity index (χ0v) is 19.1. The Balaban J connectivity index is 1.29. The minimum atomic E-state index is -0.897. The Bertz CT molecular complexity index is 1500. The molecule has 0 aliphatic rings. The van der Waals surface area contributed by atoms with E-state index in [2.05, 4.69) is 20.3 Å². The summed E-state index contributed by atoms with van der Waals surface area (Å²) in [5.41, 5.74) is 10.3. The van der Waals surface area contributed by atoms with Crippen LogP contribution in [0.4, 0.5) is 0 Å². The Morgan fingerprint density at radius 1 is 1.00 bits per heavy atom. The van der Waals surface area contributed by atoms with E-state index in [1.165, 1.54) is 13.4 Å². The van der Waals surface area contributed by atoms with Crippen LogP contribution in [0.5, 0.6) is 0 Å². The predicted molar refractivity (Wildman–Crippen MR) is 131 cm³/mol. The number of esters is 1. The fourth-order valence-electron chi connectivity index (χ4n) is 4.28. The predicted octanol–water partition coefficient (Wildman–Crippen LogP) is 3.39. The number of ether oxygens (including phenoxy) is 1. The van der Waals surface area contributed by atoms with E-state index in [1.807, 2.05) is 60.9 Å². The lowest BCUT2D eigenvalue weighted by Gasteiger charge is -2.15. The van der Waals surface area contributed by atoms with Gasteiger partial charge in [0.1, 0.15) is 12.3 Å². The average molecular weight is 472 g/mol. The van der Waals surface area contributed by atoms with Crippen LogP contribution in [-0.2, 0) is 22.4 Å². The van der Waals surface area contributed by atoms with Gasteiger partial charge in [0.2, 0.25) is 5.89 Å². The van der Waals surface area contributed by atoms with Crippen molar-refractivity contribution in [2.75, 3.05) is 7.11 Å². The van der Waals surface area contributed by atoms with Crippen LogP contribution < -0.4 is 11.1 Å². The van der Waals surface area contributed by atoms with Crippen molar-refractivity contribution in [2.45, 2.75) is 24.9 Å². The maximum Gasteiger partial charge on any atom is 0.328 e. The Kier molecular flexibility index (Phi) is 6.07. The van der Waals surface area contributed by atoms with E-state index in [-0.39, 0.29) is 18.0 Å². The Hall–Kier alpha value is -4.37. The standard InChI is InChI=1S/C26H25N5O4/c1-34-26(33)22(11-16-13-29-21-9-5-3-7-18(16)21)30-24(32)23-14-35-25(31-23)19(27)10-15-12-28-20-8-4-2-6-17(15)20/h2-9,12-14,19,22,28-29H,10-11,27H2,1H3,(H,30,32). The summed E-state index contributed by atoms with van der Waals surface area (Å²) >= 11 is 0. The molecule has 0 fully saturated rings. The normalized spacial score (nSPS) is 13.1. The summed E-state index contributed by atoms with van der Waals surface area (Å²) in [6, 6.07) is 14.2. The molecule has 0 saturated carbocycles. The van der Waals surface area contributed by atoms with Gasteiger partial charge in [-0.1, -0.05) is 36.4 Å². The van der Waals surface area contributed by atoms with Crippen LogP contribution >= 0.6 is 0 Å². The van der Waals surface area contributed by atoms with Gasteiger partial charge in [0.05, 0.1) is 13.2 Å². The van der Waals surface area contributed by atoms with Crippen LogP contribution in [0.15, 0.2) is 71.6 Å². The molecule has 0 bridgehead atoms. The minimum Gasteiger partial charge on any atom is -0.467 e. The molecule has 9 nitrogen and oxygen atoms in total. The van der Waals surface area contributed by atoms with Crippen LogP contribution in [0.3, 0.4) is 0 Å². The third kappa shape index (κ3) is 4.53. The van der Waals surface area contributed by atoms with Crippen molar-refractivity contribution in [2.24, 2.45) is 5.73 Å². The van der Waals surface area contributed by atoms with Gasteiger partial charge in [-0.15, -0.1) is 0 Å². The van der Waals surface area contributed by atoms with E-state index >= 15 is 0 Å². The summed E-state index contributed by atoms with van der Waals surface area (Å²) in [7, 11) is 1.29. The number of fused-ring (bicyclic) bond motifs is 2. The van der Waals surface area contributed by atoms with Gasteiger partial charge in [-0.3, -0.25) is 4.79 Å². The first kappa shape index (κ1) is 22.4. The number of hydrogen-bond acceptors (Lipinski definition) is 6. The minimum absolute atomic E-state index is 0.0437. The number of nitrogens with one attached hydrogen (secondary N) is 3. The molecule has 0 aliphatic heterocycles. The lowest BCUT2D eigenvalue weighted by molar-refractivity contribution is -0.142. The van der Waals surface area contributed by atoms with Gasteiger partial charge in [-0.05, 0) is 29.7 Å². The number of nitrogens with two attached hydrogens (primary N) is 1. The molecule has 2 atom stereocenters. The van der Waals surface area contributed by atoms with Crippen molar-refractivity contribution in [1.29, 1.82) is 0 Å². The molecule has 1 amide bonds. The number of carbonyl (C=O) groups is 2. The number of carbonyl (C=O) groups excluding carboxylic acids is 2. The van der Waals surface area contributed by atoms with E-state index in [0.717, 1.165) is 32.9 Å². The van der Waals surface area contributed by atoms with Crippen LogP contribution in [0, 0.1) is 0 Å². The van der Waals surface area contributed by atoms with E-state index in [4.69, 9.17) is 14.9 Å². The number of oxazole rings is 1. The largest absolute Gasteiger partial charge is 0.467 e. The van der Waals surface area contributed by atoms with Crippen LogP contribution in [-0.4, -0.2) is 40.0 Å². The fraction of sp³-hybridized carbons (Fsp3) is 0.192. The van der Waals surface area contributed by atoms with Crippen molar-refractivity contribution in [3.05, 3.63) is 89.9 Å². The molecule has 2 aromatic carbocycles. The molecular formula is C26H25N5O4.